The van der Waals surface area contributed by atoms with Gasteiger partial charge in [-0.15, -0.1) is 0 Å². The molecule has 28 heavy (non-hydrogen) atoms. The Bertz CT molecular complexity index is 1050. The van der Waals surface area contributed by atoms with E-state index in [1.165, 1.54) is 5.69 Å². The molecular formula is C21H19N7. The SMILES string of the molecule is c1ccc(CN2CCc3[nH]cnc3C2c2cnc(-c3ccccn3)nc2)nc1. The number of pyridine rings is 2. The van der Waals surface area contributed by atoms with Crippen LogP contribution in [0.15, 0.2) is 67.5 Å². The predicted molar refractivity (Wildman–Crippen MR) is 104 cm³/mol. The van der Waals surface area contributed by atoms with Gasteiger partial charge in [0.05, 0.1) is 23.8 Å². The number of nitrogens with one attached hydrogen (secondary N) is 1. The summed E-state index contributed by atoms with van der Waals surface area (Å²) in [6.07, 6.45) is 10.1. The van der Waals surface area contributed by atoms with Gasteiger partial charge in [-0.2, -0.15) is 0 Å². The molecule has 138 valence electrons. The maximum absolute atomic E-state index is 4.60. The van der Waals surface area contributed by atoms with Gasteiger partial charge in [-0.05, 0) is 24.3 Å². The molecule has 7 nitrogen and oxygen atoms in total. The Morgan fingerprint density at radius 2 is 1.75 bits per heavy atom. The lowest BCUT2D eigenvalue weighted by atomic mass is 9.97. The van der Waals surface area contributed by atoms with Gasteiger partial charge in [0, 0.05) is 55.6 Å². The molecule has 1 aliphatic rings. The topological polar surface area (TPSA) is 83.5 Å². The van der Waals surface area contributed by atoms with Crippen molar-refractivity contribution in [3.8, 4) is 11.5 Å². The number of nitrogens with zero attached hydrogens (tertiary/aromatic N) is 6. The van der Waals surface area contributed by atoms with E-state index in [1.807, 2.05) is 48.9 Å². The molecule has 1 unspecified atom stereocenters. The lowest BCUT2D eigenvalue weighted by molar-refractivity contribution is 0.197. The summed E-state index contributed by atoms with van der Waals surface area (Å²) in [5, 5.41) is 0. The zero-order valence-electron chi connectivity index (χ0n) is 15.2. The summed E-state index contributed by atoms with van der Waals surface area (Å²) in [6, 6.07) is 11.7. The number of aromatic nitrogens is 6. The Hall–Kier alpha value is -3.45. The number of imidazole rings is 1. The molecule has 4 aromatic heterocycles. The monoisotopic (exact) mass is 369 g/mol. The van der Waals surface area contributed by atoms with Crippen molar-refractivity contribution in [1.82, 2.24) is 34.8 Å². The highest BCUT2D eigenvalue weighted by atomic mass is 15.2. The second kappa shape index (κ2) is 7.28. The average Bonchev–Trinajstić information content (AvgIpc) is 3.24. The van der Waals surface area contributed by atoms with Crippen molar-refractivity contribution >= 4 is 0 Å². The smallest absolute Gasteiger partial charge is 0.178 e. The van der Waals surface area contributed by atoms with Crippen molar-refractivity contribution in [3.63, 3.8) is 0 Å². The van der Waals surface area contributed by atoms with Crippen molar-refractivity contribution in [2.75, 3.05) is 6.54 Å². The molecule has 5 heterocycles. The lowest BCUT2D eigenvalue weighted by Gasteiger charge is -2.34. The molecule has 0 bridgehead atoms. The van der Waals surface area contributed by atoms with Gasteiger partial charge in [0.2, 0.25) is 0 Å². The molecule has 1 atom stereocenters. The van der Waals surface area contributed by atoms with E-state index in [9.17, 15) is 0 Å². The van der Waals surface area contributed by atoms with Gasteiger partial charge in [0.25, 0.3) is 0 Å². The number of fused-ring (bicyclic) bond motifs is 1. The first-order valence-corrected chi connectivity index (χ1v) is 9.28. The molecule has 0 aliphatic carbocycles. The third-order valence-corrected chi connectivity index (χ3v) is 5.00. The van der Waals surface area contributed by atoms with Crippen LogP contribution in [-0.2, 0) is 13.0 Å². The zero-order chi connectivity index (χ0) is 18.8. The minimum Gasteiger partial charge on any atom is -0.348 e. The molecule has 1 aliphatic heterocycles. The molecule has 0 saturated heterocycles. The van der Waals surface area contributed by atoms with E-state index >= 15 is 0 Å². The molecule has 7 heteroatoms. The van der Waals surface area contributed by atoms with E-state index in [0.717, 1.165) is 42.2 Å². The van der Waals surface area contributed by atoms with Gasteiger partial charge in [-0.25, -0.2) is 15.0 Å². The highest BCUT2D eigenvalue weighted by Crippen LogP contribution is 2.33. The summed E-state index contributed by atoms with van der Waals surface area (Å²) in [5.74, 6) is 0.624. The number of hydrogen-bond acceptors (Lipinski definition) is 6. The van der Waals surface area contributed by atoms with Gasteiger partial charge in [-0.3, -0.25) is 14.9 Å². The quantitative estimate of drug-likeness (QED) is 0.596. The fourth-order valence-corrected chi connectivity index (χ4v) is 3.67. The van der Waals surface area contributed by atoms with Gasteiger partial charge >= 0.3 is 0 Å². The van der Waals surface area contributed by atoms with Crippen molar-refractivity contribution in [2.45, 2.75) is 19.0 Å². The Morgan fingerprint density at radius 1 is 0.929 bits per heavy atom. The van der Waals surface area contributed by atoms with Gasteiger partial charge in [0.15, 0.2) is 5.82 Å². The van der Waals surface area contributed by atoms with E-state index < -0.39 is 0 Å². The molecule has 0 spiro atoms. The molecule has 0 aromatic carbocycles. The summed E-state index contributed by atoms with van der Waals surface area (Å²) in [5.41, 5.74) is 5.04. The van der Waals surface area contributed by atoms with E-state index in [-0.39, 0.29) is 6.04 Å². The van der Waals surface area contributed by atoms with Crippen molar-refractivity contribution in [1.29, 1.82) is 0 Å². The summed E-state index contributed by atoms with van der Waals surface area (Å²) >= 11 is 0. The molecule has 0 saturated carbocycles. The van der Waals surface area contributed by atoms with Crippen LogP contribution in [0.4, 0.5) is 0 Å². The van der Waals surface area contributed by atoms with Crippen molar-refractivity contribution < 1.29 is 0 Å². The summed E-state index contributed by atoms with van der Waals surface area (Å²) < 4.78 is 0. The highest BCUT2D eigenvalue weighted by molar-refractivity contribution is 5.48. The first-order valence-electron chi connectivity index (χ1n) is 9.28. The first-order chi connectivity index (χ1) is 13.9. The Balaban J connectivity index is 1.49. The molecule has 0 fully saturated rings. The van der Waals surface area contributed by atoms with Gasteiger partial charge in [-0.1, -0.05) is 12.1 Å². The van der Waals surface area contributed by atoms with Gasteiger partial charge in [0.1, 0.15) is 5.69 Å². The lowest BCUT2D eigenvalue weighted by Crippen LogP contribution is -2.36. The number of rotatable bonds is 4. The fourth-order valence-electron chi connectivity index (χ4n) is 3.67. The van der Waals surface area contributed by atoms with Crippen LogP contribution in [0.2, 0.25) is 0 Å². The van der Waals surface area contributed by atoms with Gasteiger partial charge < -0.3 is 4.98 Å². The summed E-state index contributed by atoms with van der Waals surface area (Å²) in [4.78, 5) is 28.2. The van der Waals surface area contributed by atoms with E-state index in [2.05, 4.69) is 40.9 Å². The van der Waals surface area contributed by atoms with Crippen molar-refractivity contribution in [2.24, 2.45) is 0 Å². The van der Waals surface area contributed by atoms with Crippen LogP contribution >= 0.6 is 0 Å². The van der Waals surface area contributed by atoms with Crippen LogP contribution in [0.1, 0.15) is 28.7 Å². The Labute approximate surface area is 162 Å². The maximum Gasteiger partial charge on any atom is 0.178 e. The molecule has 4 aromatic rings. The van der Waals surface area contributed by atoms with E-state index in [1.54, 1.807) is 12.5 Å². The number of H-pyrrole nitrogens is 1. The van der Waals surface area contributed by atoms with Crippen LogP contribution in [-0.4, -0.2) is 41.3 Å². The molecule has 0 amide bonds. The minimum atomic E-state index is -0.00483. The fraction of sp³-hybridized carbons (Fsp3) is 0.190. The Kier molecular flexibility index (Phi) is 4.34. The van der Waals surface area contributed by atoms with E-state index in [4.69, 9.17) is 0 Å². The number of hydrogen-bond donors (Lipinski definition) is 1. The third-order valence-electron chi connectivity index (χ3n) is 5.00. The zero-order valence-corrected chi connectivity index (χ0v) is 15.2. The summed E-state index contributed by atoms with van der Waals surface area (Å²) in [7, 11) is 0. The van der Waals surface area contributed by atoms with E-state index in [0.29, 0.717) is 5.82 Å². The predicted octanol–water partition coefficient (Wildman–Crippen LogP) is 2.80. The number of aromatic amines is 1. The first kappa shape index (κ1) is 16.7. The average molecular weight is 369 g/mol. The van der Waals surface area contributed by atoms with Crippen LogP contribution in [0.5, 0.6) is 0 Å². The summed E-state index contributed by atoms with van der Waals surface area (Å²) in [6.45, 7) is 1.66. The molecule has 1 N–H and O–H groups in total. The van der Waals surface area contributed by atoms with Crippen LogP contribution in [0.25, 0.3) is 11.5 Å². The standard InChI is InChI=1S/C21H19N7/c1-3-8-22-16(5-1)13-28-10-7-17-19(27-14-26-17)20(28)15-11-24-21(25-12-15)18-6-2-4-9-23-18/h1-6,8-9,11-12,14,20H,7,10,13H2,(H,26,27). The highest BCUT2D eigenvalue weighted by Gasteiger charge is 2.31. The van der Waals surface area contributed by atoms with Crippen LogP contribution in [0.3, 0.4) is 0 Å². The molecular weight excluding hydrogens is 350 g/mol. The second-order valence-electron chi connectivity index (χ2n) is 6.77. The molecule has 5 rings (SSSR count). The normalized spacial score (nSPS) is 16.6. The molecule has 0 radical (unpaired) electrons. The second-order valence-corrected chi connectivity index (χ2v) is 6.77. The van der Waals surface area contributed by atoms with Crippen LogP contribution < -0.4 is 0 Å². The largest absolute Gasteiger partial charge is 0.348 e. The minimum absolute atomic E-state index is 0.00483. The van der Waals surface area contributed by atoms with Crippen molar-refractivity contribution in [3.05, 3.63) is 90.2 Å². The Morgan fingerprint density at radius 3 is 2.50 bits per heavy atom. The van der Waals surface area contributed by atoms with Crippen LogP contribution in [0, 0.1) is 0 Å². The third kappa shape index (κ3) is 3.16. The maximum atomic E-state index is 4.60.